The van der Waals surface area contributed by atoms with Gasteiger partial charge in [0.15, 0.2) is 17.5 Å². The number of imidazole rings is 1. The Kier molecular flexibility index (Phi) is 8.52. The second kappa shape index (κ2) is 12.6. The van der Waals surface area contributed by atoms with Crippen LogP contribution in [0.5, 0.6) is 0 Å². The highest BCUT2D eigenvalue weighted by molar-refractivity contribution is 6.34. The lowest BCUT2D eigenvalue weighted by Gasteiger charge is -2.55. The molecule has 2 unspecified atom stereocenters. The zero-order chi connectivity index (χ0) is 37.7. The van der Waals surface area contributed by atoms with E-state index in [1.807, 2.05) is 44.0 Å². The van der Waals surface area contributed by atoms with E-state index in [-0.39, 0.29) is 29.3 Å². The minimum Gasteiger partial charge on any atom is -0.346 e. The summed E-state index contributed by atoms with van der Waals surface area (Å²) in [6.07, 6.45) is 4.71. The molecule has 3 fully saturated rings. The second-order valence-corrected chi connectivity index (χ2v) is 16.4. The molecule has 10 nitrogen and oxygen atoms in total. The van der Waals surface area contributed by atoms with Crippen molar-refractivity contribution in [2.24, 2.45) is 11.8 Å². The van der Waals surface area contributed by atoms with Crippen molar-refractivity contribution < 1.29 is 27.2 Å². The molecular weight excluding hydrogens is 712 g/mol. The molecule has 4 aliphatic rings. The molecule has 280 valence electrons. The van der Waals surface area contributed by atoms with Crippen LogP contribution in [0, 0.1) is 23.5 Å². The summed E-state index contributed by atoms with van der Waals surface area (Å²) >= 11 is 5.96. The van der Waals surface area contributed by atoms with Gasteiger partial charge in [0.1, 0.15) is 5.52 Å². The van der Waals surface area contributed by atoms with Gasteiger partial charge < -0.3 is 20.1 Å². The van der Waals surface area contributed by atoms with Crippen molar-refractivity contribution in [1.29, 1.82) is 0 Å². The first-order valence-corrected chi connectivity index (χ1v) is 18.4. The van der Waals surface area contributed by atoms with E-state index in [0.717, 1.165) is 49.5 Å². The molecule has 53 heavy (non-hydrogen) atoms. The fourth-order valence-electron chi connectivity index (χ4n) is 8.54. The topological polar surface area (TPSA) is 108 Å². The molecule has 0 radical (unpaired) electrons. The van der Waals surface area contributed by atoms with E-state index in [2.05, 4.69) is 22.1 Å². The number of aromatic nitrogens is 4. The number of rotatable bonds is 9. The number of nitrogens with one attached hydrogen (secondary N) is 2. The number of alkyl halides is 2. The van der Waals surface area contributed by atoms with Gasteiger partial charge in [0.2, 0.25) is 5.91 Å². The van der Waals surface area contributed by atoms with Crippen LogP contribution in [0.3, 0.4) is 0 Å². The molecule has 2 saturated carbocycles. The molecule has 2 atom stereocenters. The Morgan fingerprint density at radius 1 is 1.08 bits per heavy atom. The van der Waals surface area contributed by atoms with Crippen LogP contribution in [-0.4, -0.2) is 73.9 Å². The zero-order valence-electron chi connectivity index (χ0n) is 30.1. The fraction of sp³-hybridized carbons (Fsp3) is 0.500. The van der Waals surface area contributed by atoms with Gasteiger partial charge in [-0.25, -0.2) is 27.5 Å². The van der Waals surface area contributed by atoms with Gasteiger partial charge in [0.25, 0.3) is 12.3 Å². The maximum absolute atomic E-state index is 15.5. The van der Waals surface area contributed by atoms with E-state index in [1.54, 1.807) is 23.2 Å². The normalized spacial score (nSPS) is 24.8. The molecule has 5 heterocycles. The van der Waals surface area contributed by atoms with E-state index >= 15 is 8.78 Å². The quantitative estimate of drug-likeness (QED) is 0.134. The lowest BCUT2D eigenvalue weighted by Crippen LogP contribution is -2.64. The first-order valence-electron chi connectivity index (χ1n) is 18.1. The Balaban J connectivity index is 1.16. The molecule has 1 saturated heterocycles. The Hall–Kier alpha value is -4.30. The summed E-state index contributed by atoms with van der Waals surface area (Å²) in [6, 6.07) is 4.54. The van der Waals surface area contributed by atoms with Crippen molar-refractivity contribution in [3.63, 3.8) is 0 Å². The number of pyridine rings is 2. The van der Waals surface area contributed by atoms with Crippen molar-refractivity contribution in [3.8, 4) is 11.3 Å². The first kappa shape index (κ1) is 35.7. The van der Waals surface area contributed by atoms with E-state index in [9.17, 15) is 18.4 Å². The number of benzene rings is 1. The molecule has 2 amide bonds. The number of amides is 2. The van der Waals surface area contributed by atoms with E-state index in [4.69, 9.17) is 21.6 Å². The molecule has 15 heteroatoms. The highest BCUT2D eigenvalue weighted by Gasteiger charge is 2.56. The number of likely N-dealkylation sites (tertiary alicyclic amines) is 1. The van der Waals surface area contributed by atoms with Crippen molar-refractivity contribution in [1.82, 2.24) is 29.7 Å². The lowest BCUT2D eigenvalue weighted by molar-refractivity contribution is -0.124. The van der Waals surface area contributed by atoms with Gasteiger partial charge in [-0.05, 0) is 96.9 Å². The Labute approximate surface area is 309 Å². The molecule has 0 bridgehead atoms. The van der Waals surface area contributed by atoms with Gasteiger partial charge >= 0.3 is 0 Å². The van der Waals surface area contributed by atoms with Crippen molar-refractivity contribution in [2.75, 3.05) is 29.9 Å². The standard InChI is InChI=1S/C38H41ClF4N8O2/c1-18(2)50-17-46-26-11-24(47-34(32(26)50)48-25-10-23(29(39)31(43)30(25)42)35(52)45-15-28(40)41)20-9-27-33(44-14-20)37(3,4)36(53)51(27)22-12-38(5,13-22)49-7-6-19-8-21(19)16-49/h9-11,14,17-19,21-22,28H,6-8,12-13,15-16H2,1-5H3,(H,45,52)(H,47,48). The predicted molar refractivity (Wildman–Crippen MR) is 194 cm³/mol. The number of halogens is 5. The van der Waals surface area contributed by atoms with Crippen LogP contribution in [0.4, 0.5) is 34.8 Å². The molecule has 2 aliphatic carbocycles. The number of carbonyl (C=O) groups is 2. The molecule has 2 aliphatic heterocycles. The summed E-state index contributed by atoms with van der Waals surface area (Å²) in [5.41, 5.74) is 1.53. The third-order valence-corrected chi connectivity index (χ3v) is 12.1. The molecule has 1 aromatic carbocycles. The number of hydrogen-bond donors (Lipinski definition) is 2. The monoisotopic (exact) mass is 752 g/mol. The number of anilines is 3. The molecular formula is C38H41ClF4N8O2. The average Bonchev–Trinajstić information content (AvgIpc) is 3.71. The minimum atomic E-state index is -2.86. The van der Waals surface area contributed by atoms with Crippen LogP contribution in [0.15, 0.2) is 30.7 Å². The number of piperidine rings is 1. The largest absolute Gasteiger partial charge is 0.346 e. The van der Waals surface area contributed by atoms with Gasteiger partial charge in [-0.1, -0.05) is 11.6 Å². The van der Waals surface area contributed by atoms with E-state index in [1.165, 1.54) is 12.8 Å². The fourth-order valence-corrected chi connectivity index (χ4v) is 8.77. The summed E-state index contributed by atoms with van der Waals surface area (Å²) in [5, 5.41) is 3.97. The Morgan fingerprint density at radius 2 is 1.83 bits per heavy atom. The van der Waals surface area contributed by atoms with Gasteiger partial charge in [-0.2, -0.15) is 0 Å². The summed E-state index contributed by atoms with van der Waals surface area (Å²) in [7, 11) is 0. The maximum Gasteiger partial charge on any atom is 0.255 e. The summed E-state index contributed by atoms with van der Waals surface area (Å²) in [4.78, 5) is 45.5. The van der Waals surface area contributed by atoms with Crippen LogP contribution in [0.2, 0.25) is 5.02 Å². The zero-order valence-corrected chi connectivity index (χ0v) is 30.9. The minimum absolute atomic E-state index is 0.000163. The highest BCUT2D eigenvalue weighted by Crippen LogP contribution is 2.53. The van der Waals surface area contributed by atoms with Crippen LogP contribution in [-0.2, 0) is 10.2 Å². The van der Waals surface area contributed by atoms with Crippen LogP contribution in [0.1, 0.15) is 82.4 Å². The van der Waals surface area contributed by atoms with Gasteiger partial charge in [0, 0.05) is 35.9 Å². The molecule has 8 rings (SSSR count). The average molecular weight is 753 g/mol. The van der Waals surface area contributed by atoms with E-state index in [0.29, 0.717) is 28.0 Å². The van der Waals surface area contributed by atoms with Gasteiger partial charge in [-0.15, -0.1) is 0 Å². The number of nitrogens with zero attached hydrogens (tertiary/aromatic N) is 6. The maximum atomic E-state index is 15.5. The number of fused-ring (bicyclic) bond motifs is 3. The van der Waals surface area contributed by atoms with Crippen molar-refractivity contribution >= 4 is 51.6 Å². The summed E-state index contributed by atoms with van der Waals surface area (Å²) < 4.78 is 58.0. The van der Waals surface area contributed by atoms with Crippen molar-refractivity contribution in [2.45, 2.75) is 89.8 Å². The molecule has 3 aromatic heterocycles. The molecule has 0 spiro atoms. The Bertz CT molecular complexity index is 2170. The first-order chi connectivity index (χ1) is 25.1. The highest BCUT2D eigenvalue weighted by atomic mass is 35.5. The molecule has 2 N–H and O–H groups in total. The molecule has 4 aromatic rings. The Morgan fingerprint density at radius 3 is 2.53 bits per heavy atom. The SMILES string of the molecule is CC(C)n1cnc2cc(-c3cnc4c(c3)N(C3CC(C)(N5CCC6CC6C5)C3)C(=O)C4(C)C)nc(Nc3cc(C(=O)NCC(F)F)c(Cl)c(F)c3F)c21. The second-order valence-electron chi connectivity index (χ2n) is 16.1. The van der Waals surface area contributed by atoms with Gasteiger partial charge in [0.05, 0.1) is 57.2 Å². The third-order valence-electron chi connectivity index (χ3n) is 11.7. The summed E-state index contributed by atoms with van der Waals surface area (Å²) in [6.45, 7) is 11.2. The van der Waals surface area contributed by atoms with Crippen LogP contribution < -0.4 is 15.5 Å². The number of carbonyl (C=O) groups excluding carboxylic acids is 2. The summed E-state index contributed by atoms with van der Waals surface area (Å²) in [5.74, 6) is -2.22. The number of hydrogen-bond acceptors (Lipinski definition) is 7. The lowest BCUT2D eigenvalue weighted by atomic mass is 9.71. The van der Waals surface area contributed by atoms with Gasteiger partial charge in [-0.3, -0.25) is 19.5 Å². The van der Waals surface area contributed by atoms with Crippen molar-refractivity contribution in [3.05, 3.63) is 58.6 Å². The van der Waals surface area contributed by atoms with Crippen LogP contribution in [0.25, 0.3) is 22.3 Å². The van der Waals surface area contributed by atoms with Crippen LogP contribution >= 0.6 is 11.6 Å². The van der Waals surface area contributed by atoms with E-state index < -0.39 is 52.2 Å². The predicted octanol–water partition coefficient (Wildman–Crippen LogP) is 7.63. The third kappa shape index (κ3) is 5.92. The smallest absolute Gasteiger partial charge is 0.255 e.